The van der Waals surface area contributed by atoms with Crippen LogP contribution in [0, 0.1) is 20.8 Å². The molecule has 0 radical (unpaired) electrons. The molecule has 5 heterocycles. The Balaban J connectivity index is 1.12. The zero-order valence-corrected chi connectivity index (χ0v) is 25.9. The van der Waals surface area contributed by atoms with Crippen molar-refractivity contribution in [2.75, 3.05) is 0 Å². The highest BCUT2D eigenvalue weighted by atomic mass is 16.2. The van der Waals surface area contributed by atoms with Gasteiger partial charge in [-0.2, -0.15) is 0 Å². The molecule has 14 nitrogen and oxygen atoms in total. The summed E-state index contributed by atoms with van der Waals surface area (Å²) in [5.74, 6) is 0. The third-order valence-corrected chi connectivity index (χ3v) is 8.31. The molecule has 0 fully saturated rings. The molecule has 0 aliphatic rings. The van der Waals surface area contributed by atoms with Gasteiger partial charge in [-0.15, -0.1) is 10.2 Å². The summed E-state index contributed by atoms with van der Waals surface area (Å²) < 4.78 is 5.75. The van der Waals surface area contributed by atoms with Gasteiger partial charge in [0.2, 0.25) is 11.1 Å². The van der Waals surface area contributed by atoms with Gasteiger partial charge < -0.3 is 9.97 Å². The molecule has 0 aliphatic heterocycles. The Morgan fingerprint density at radius 1 is 0.617 bits per heavy atom. The maximum Gasteiger partial charge on any atom is 0.331 e. The van der Waals surface area contributed by atoms with E-state index in [2.05, 4.69) is 30.6 Å². The quantitative estimate of drug-likeness (QED) is 0.257. The number of nitrogens with one attached hydrogen (secondary N) is 2. The van der Waals surface area contributed by atoms with E-state index in [0.29, 0.717) is 23.6 Å². The maximum atomic E-state index is 13.6. The molecule has 2 N–H and O–H groups in total. The molecule has 47 heavy (non-hydrogen) atoms. The fourth-order valence-electron chi connectivity index (χ4n) is 5.97. The van der Waals surface area contributed by atoms with Crippen LogP contribution in [0.4, 0.5) is 0 Å². The van der Waals surface area contributed by atoms with Crippen molar-refractivity contribution < 1.29 is 0 Å². The number of nitrogens with zero attached hydrogens (tertiary/aromatic N) is 8. The van der Waals surface area contributed by atoms with Gasteiger partial charge in [0.25, 0.3) is 5.56 Å². The predicted molar refractivity (Wildman–Crippen MR) is 175 cm³/mol. The van der Waals surface area contributed by atoms with E-state index < -0.39 is 11.2 Å². The number of benzene rings is 2. The van der Waals surface area contributed by atoms with Gasteiger partial charge in [-0.1, -0.05) is 46.8 Å². The van der Waals surface area contributed by atoms with Crippen molar-refractivity contribution in [1.29, 1.82) is 0 Å². The van der Waals surface area contributed by atoms with Crippen LogP contribution in [0.1, 0.15) is 39.3 Å². The number of aryl methyl sites for hydroxylation is 3. The van der Waals surface area contributed by atoms with Crippen molar-refractivity contribution in [2.24, 2.45) is 0 Å². The highest BCUT2D eigenvalue weighted by Gasteiger charge is 2.15. The minimum Gasteiger partial charge on any atom is -0.322 e. The van der Waals surface area contributed by atoms with E-state index in [4.69, 9.17) is 0 Å². The largest absolute Gasteiger partial charge is 0.331 e. The average Bonchev–Trinajstić information content (AvgIpc) is 3.67. The minimum absolute atomic E-state index is 0.0852. The van der Waals surface area contributed by atoms with E-state index >= 15 is 0 Å². The zero-order valence-electron chi connectivity index (χ0n) is 25.9. The Hall–Kier alpha value is -6.18. The van der Waals surface area contributed by atoms with Crippen LogP contribution in [-0.2, 0) is 26.2 Å². The number of aromatic amines is 2. The zero-order chi connectivity index (χ0) is 32.8. The standard InChI is InChI=1S/C33H30N10O4/c1-19-6-4-8-26-22(11-28(44)34-31(19)26)13-40-15-24(36-38-40)17-42-21(3)10-30(46)43(33(42)47)18-25-16-41(39-37-25)14-23-12-29(45)35-32-20(2)7-5-9-27(23)32/h4-12,15-16H,13-14,17-18H2,1-3H3,(H,34,44)(H,35,45). The first-order valence-corrected chi connectivity index (χ1v) is 15.0. The van der Waals surface area contributed by atoms with Gasteiger partial charge in [0.05, 0.1) is 49.6 Å². The molecule has 0 aliphatic carbocycles. The van der Waals surface area contributed by atoms with Crippen LogP contribution < -0.4 is 22.4 Å². The summed E-state index contributed by atoms with van der Waals surface area (Å²) in [7, 11) is 0. The molecule has 0 spiro atoms. The first-order chi connectivity index (χ1) is 22.6. The molecular formula is C33H30N10O4. The van der Waals surface area contributed by atoms with Crippen molar-refractivity contribution in [2.45, 2.75) is 47.0 Å². The number of fused-ring (bicyclic) bond motifs is 2. The number of H-pyrrole nitrogens is 2. The van der Waals surface area contributed by atoms with E-state index in [-0.39, 0.29) is 30.8 Å². The average molecular weight is 631 g/mol. The van der Waals surface area contributed by atoms with Crippen molar-refractivity contribution in [3.63, 3.8) is 0 Å². The van der Waals surface area contributed by atoms with Crippen LogP contribution in [0.5, 0.6) is 0 Å². The number of aromatic nitrogens is 10. The van der Waals surface area contributed by atoms with Crippen LogP contribution in [0.2, 0.25) is 0 Å². The van der Waals surface area contributed by atoms with Gasteiger partial charge in [0.15, 0.2) is 0 Å². The van der Waals surface area contributed by atoms with Gasteiger partial charge in [-0.25, -0.2) is 14.2 Å². The second-order valence-electron chi connectivity index (χ2n) is 11.7. The summed E-state index contributed by atoms with van der Waals surface area (Å²) in [6.07, 6.45) is 3.37. The van der Waals surface area contributed by atoms with Gasteiger partial charge in [-0.3, -0.25) is 23.5 Å². The second-order valence-corrected chi connectivity index (χ2v) is 11.7. The summed E-state index contributed by atoms with van der Waals surface area (Å²) in [6, 6.07) is 16.1. The molecule has 0 saturated heterocycles. The Labute approximate surface area is 265 Å². The lowest BCUT2D eigenvalue weighted by atomic mass is 10.1. The molecular weight excluding hydrogens is 600 g/mol. The number of pyridine rings is 2. The summed E-state index contributed by atoms with van der Waals surface area (Å²) in [4.78, 5) is 57.0. The molecule has 236 valence electrons. The summed E-state index contributed by atoms with van der Waals surface area (Å²) in [5, 5.41) is 18.7. The number of rotatable bonds is 8. The molecule has 7 aromatic rings. The molecule has 0 saturated carbocycles. The maximum absolute atomic E-state index is 13.6. The van der Waals surface area contributed by atoms with E-state index in [1.807, 2.05) is 50.2 Å². The third kappa shape index (κ3) is 5.72. The monoisotopic (exact) mass is 630 g/mol. The Bertz CT molecular complexity index is 2570. The van der Waals surface area contributed by atoms with Crippen LogP contribution in [0.15, 0.2) is 86.2 Å². The molecule has 0 unspecified atom stereocenters. The van der Waals surface area contributed by atoms with Crippen molar-refractivity contribution in [3.05, 3.63) is 148 Å². The Kier molecular flexibility index (Phi) is 7.31. The fraction of sp³-hybridized carbons (Fsp3) is 0.212. The predicted octanol–water partition coefficient (Wildman–Crippen LogP) is 1.99. The smallest absolute Gasteiger partial charge is 0.322 e. The molecule has 0 amide bonds. The van der Waals surface area contributed by atoms with Crippen molar-refractivity contribution in [3.8, 4) is 0 Å². The highest BCUT2D eigenvalue weighted by molar-refractivity contribution is 5.85. The van der Waals surface area contributed by atoms with E-state index in [1.54, 1.807) is 34.7 Å². The first kappa shape index (κ1) is 29.5. The molecule has 0 atom stereocenters. The molecule has 0 bridgehead atoms. The van der Waals surface area contributed by atoms with Gasteiger partial charge in [0.1, 0.15) is 11.4 Å². The van der Waals surface area contributed by atoms with Crippen LogP contribution in [0.25, 0.3) is 21.8 Å². The number of hydrogen-bond donors (Lipinski definition) is 2. The summed E-state index contributed by atoms with van der Waals surface area (Å²) in [5.41, 5.74) is 5.02. The highest BCUT2D eigenvalue weighted by Crippen LogP contribution is 2.20. The minimum atomic E-state index is -0.522. The van der Waals surface area contributed by atoms with Crippen molar-refractivity contribution in [1.82, 2.24) is 49.1 Å². The molecule has 2 aromatic carbocycles. The summed E-state index contributed by atoms with van der Waals surface area (Å²) in [6.45, 7) is 6.15. The molecule has 14 heteroatoms. The van der Waals surface area contributed by atoms with Crippen LogP contribution in [0.3, 0.4) is 0 Å². The fourth-order valence-corrected chi connectivity index (χ4v) is 5.97. The van der Waals surface area contributed by atoms with E-state index in [0.717, 1.165) is 48.6 Å². The lowest BCUT2D eigenvalue weighted by Crippen LogP contribution is -2.41. The molecule has 7 rings (SSSR count). The van der Waals surface area contributed by atoms with Gasteiger partial charge in [-0.05, 0) is 43.0 Å². The SMILES string of the molecule is Cc1cccc2c(Cn3cc(Cn4c(C)cc(=O)n(Cc5cn(Cc6cc(=O)[nH]c7c(C)cccc67)nn5)c4=O)nn3)cc(=O)[nH]c12. The van der Waals surface area contributed by atoms with E-state index in [1.165, 1.54) is 16.7 Å². The van der Waals surface area contributed by atoms with E-state index in [9.17, 15) is 19.2 Å². The van der Waals surface area contributed by atoms with Gasteiger partial charge >= 0.3 is 5.69 Å². The normalized spacial score (nSPS) is 11.6. The molecule has 5 aromatic heterocycles. The van der Waals surface area contributed by atoms with Crippen LogP contribution >= 0.6 is 0 Å². The Morgan fingerprint density at radius 2 is 1.11 bits per heavy atom. The number of para-hydroxylation sites is 2. The second kappa shape index (κ2) is 11.6. The first-order valence-electron chi connectivity index (χ1n) is 15.0. The van der Waals surface area contributed by atoms with Crippen LogP contribution in [-0.4, -0.2) is 49.1 Å². The third-order valence-electron chi connectivity index (χ3n) is 8.31. The van der Waals surface area contributed by atoms with Crippen molar-refractivity contribution >= 4 is 21.8 Å². The lowest BCUT2D eigenvalue weighted by Gasteiger charge is -2.11. The lowest BCUT2D eigenvalue weighted by molar-refractivity contribution is 0.586. The summed E-state index contributed by atoms with van der Waals surface area (Å²) >= 11 is 0. The van der Waals surface area contributed by atoms with Gasteiger partial charge in [0, 0.05) is 34.7 Å². The topological polar surface area (TPSA) is 171 Å². The Morgan fingerprint density at radius 3 is 1.62 bits per heavy atom. The number of hydrogen-bond acceptors (Lipinski definition) is 8.